The van der Waals surface area contributed by atoms with Crippen molar-refractivity contribution in [3.63, 3.8) is 0 Å². The molecule has 0 amide bonds. The van der Waals surface area contributed by atoms with E-state index >= 15 is 0 Å². The monoisotopic (exact) mass is 282 g/mol. The number of hydrogen-bond donors (Lipinski definition) is 1. The Morgan fingerprint density at radius 3 is 2.67 bits per heavy atom. The van der Waals surface area contributed by atoms with E-state index in [4.69, 9.17) is 4.74 Å². The van der Waals surface area contributed by atoms with Crippen LogP contribution >= 0.6 is 0 Å². The van der Waals surface area contributed by atoms with Crippen LogP contribution in [0.4, 0.5) is 5.69 Å². The number of ether oxygens (including phenoxy) is 1. The van der Waals surface area contributed by atoms with Gasteiger partial charge in [-0.05, 0) is 37.2 Å². The van der Waals surface area contributed by atoms with E-state index < -0.39 is 0 Å². The minimum absolute atomic E-state index is 0.583. The molecule has 0 bridgehead atoms. The Bertz CT molecular complexity index is 570. The SMILES string of the molecule is CCNC1CCN(c2ccccc2Oc2ccccc2)C1. The fourth-order valence-corrected chi connectivity index (χ4v) is 2.85. The topological polar surface area (TPSA) is 24.5 Å². The number of anilines is 1. The number of rotatable bonds is 5. The van der Waals surface area contributed by atoms with Crippen LogP contribution < -0.4 is 15.0 Å². The molecule has 0 aliphatic carbocycles. The molecule has 3 heteroatoms. The number of nitrogens with one attached hydrogen (secondary N) is 1. The lowest BCUT2D eigenvalue weighted by Gasteiger charge is -2.22. The van der Waals surface area contributed by atoms with Crippen molar-refractivity contribution in [1.82, 2.24) is 5.32 Å². The smallest absolute Gasteiger partial charge is 0.150 e. The fraction of sp³-hybridized carbons (Fsp3) is 0.333. The standard InChI is InChI=1S/C18H22N2O/c1-2-19-15-12-13-20(14-15)17-10-6-7-11-18(17)21-16-8-4-3-5-9-16/h3-11,15,19H,2,12-14H2,1H3. The lowest BCUT2D eigenvalue weighted by Crippen LogP contribution is -2.32. The summed E-state index contributed by atoms with van der Waals surface area (Å²) in [5.41, 5.74) is 1.18. The highest BCUT2D eigenvalue weighted by Gasteiger charge is 2.23. The molecule has 1 fully saturated rings. The van der Waals surface area contributed by atoms with E-state index in [1.807, 2.05) is 42.5 Å². The molecule has 1 unspecified atom stereocenters. The van der Waals surface area contributed by atoms with E-state index in [2.05, 4.69) is 29.3 Å². The quantitative estimate of drug-likeness (QED) is 0.905. The maximum atomic E-state index is 6.06. The maximum Gasteiger partial charge on any atom is 0.150 e. The average Bonchev–Trinajstić information content (AvgIpc) is 2.98. The van der Waals surface area contributed by atoms with Gasteiger partial charge in [0, 0.05) is 19.1 Å². The van der Waals surface area contributed by atoms with Gasteiger partial charge in [-0.3, -0.25) is 0 Å². The van der Waals surface area contributed by atoms with Crippen LogP contribution in [0.25, 0.3) is 0 Å². The summed E-state index contributed by atoms with van der Waals surface area (Å²) in [5.74, 6) is 1.81. The Hall–Kier alpha value is -2.00. The third kappa shape index (κ3) is 3.37. The first-order valence-electron chi connectivity index (χ1n) is 7.67. The van der Waals surface area contributed by atoms with Crippen LogP contribution in [0, 0.1) is 0 Å². The molecule has 21 heavy (non-hydrogen) atoms. The molecule has 1 N–H and O–H groups in total. The summed E-state index contributed by atoms with van der Waals surface area (Å²) < 4.78 is 6.06. The molecule has 1 aliphatic heterocycles. The molecule has 3 rings (SSSR count). The maximum absolute atomic E-state index is 6.06. The molecular formula is C18H22N2O. The summed E-state index contributed by atoms with van der Waals surface area (Å²) >= 11 is 0. The van der Waals surface area contributed by atoms with Crippen LogP contribution in [0.15, 0.2) is 54.6 Å². The van der Waals surface area contributed by atoms with Crippen LogP contribution in [0.5, 0.6) is 11.5 Å². The molecule has 2 aromatic carbocycles. The van der Waals surface area contributed by atoms with Gasteiger partial charge in [-0.15, -0.1) is 0 Å². The van der Waals surface area contributed by atoms with Gasteiger partial charge in [0.15, 0.2) is 5.75 Å². The Kier molecular flexibility index (Phi) is 4.41. The van der Waals surface area contributed by atoms with Crippen molar-refractivity contribution < 1.29 is 4.74 Å². The molecule has 0 saturated carbocycles. The third-order valence-electron chi connectivity index (χ3n) is 3.86. The highest BCUT2D eigenvalue weighted by molar-refractivity contribution is 5.60. The Morgan fingerprint density at radius 1 is 1.10 bits per heavy atom. The Morgan fingerprint density at radius 2 is 1.86 bits per heavy atom. The minimum atomic E-state index is 0.583. The predicted molar refractivity (Wildman–Crippen MR) is 87.3 cm³/mol. The van der Waals surface area contributed by atoms with Crippen molar-refractivity contribution >= 4 is 5.69 Å². The normalized spacial score (nSPS) is 18.0. The fourth-order valence-electron chi connectivity index (χ4n) is 2.85. The van der Waals surface area contributed by atoms with Gasteiger partial charge in [0.05, 0.1) is 5.69 Å². The first-order valence-corrected chi connectivity index (χ1v) is 7.67. The summed E-state index contributed by atoms with van der Waals surface area (Å²) in [7, 11) is 0. The van der Waals surface area contributed by atoms with Crippen molar-refractivity contribution in [1.29, 1.82) is 0 Å². The van der Waals surface area contributed by atoms with Gasteiger partial charge >= 0.3 is 0 Å². The summed E-state index contributed by atoms with van der Waals surface area (Å²) in [6.45, 7) is 5.31. The van der Waals surface area contributed by atoms with Crippen LogP contribution in [-0.2, 0) is 0 Å². The zero-order chi connectivity index (χ0) is 14.5. The predicted octanol–water partition coefficient (Wildman–Crippen LogP) is 3.67. The summed E-state index contributed by atoms with van der Waals surface area (Å²) in [5, 5.41) is 3.53. The zero-order valence-electron chi connectivity index (χ0n) is 12.5. The van der Waals surface area contributed by atoms with Crippen LogP contribution in [0.1, 0.15) is 13.3 Å². The van der Waals surface area contributed by atoms with E-state index in [1.54, 1.807) is 0 Å². The van der Waals surface area contributed by atoms with Crippen molar-refractivity contribution in [2.75, 3.05) is 24.5 Å². The summed E-state index contributed by atoms with van der Waals surface area (Å²) in [6, 6.07) is 18.8. The molecule has 1 atom stereocenters. The van der Waals surface area contributed by atoms with Crippen LogP contribution in [0.3, 0.4) is 0 Å². The molecule has 1 heterocycles. The van der Waals surface area contributed by atoms with Gasteiger partial charge < -0.3 is 15.0 Å². The highest BCUT2D eigenvalue weighted by atomic mass is 16.5. The van der Waals surface area contributed by atoms with Gasteiger partial charge in [0.1, 0.15) is 5.75 Å². The zero-order valence-corrected chi connectivity index (χ0v) is 12.5. The number of likely N-dealkylation sites (N-methyl/N-ethyl adjacent to an activating group) is 1. The van der Waals surface area contributed by atoms with Crippen molar-refractivity contribution in [3.05, 3.63) is 54.6 Å². The number of hydrogen-bond acceptors (Lipinski definition) is 3. The highest BCUT2D eigenvalue weighted by Crippen LogP contribution is 2.33. The van der Waals surface area contributed by atoms with Crippen molar-refractivity contribution in [3.8, 4) is 11.5 Å². The second kappa shape index (κ2) is 6.64. The number of benzene rings is 2. The average molecular weight is 282 g/mol. The van der Waals surface area contributed by atoms with Crippen LogP contribution in [-0.4, -0.2) is 25.7 Å². The minimum Gasteiger partial charge on any atom is -0.455 e. The van der Waals surface area contributed by atoms with Gasteiger partial charge in [0.2, 0.25) is 0 Å². The van der Waals surface area contributed by atoms with Gasteiger partial charge in [-0.1, -0.05) is 37.3 Å². The molecule has 1 aliphatic rings. The summed E-state index contributed by atoms with van der Waals surface area (Å²) in [6.07, 6.45) is 1.19. The molecule has 3 nitrogen and oxygen atoms in total. The van der Waals surface area contributed by atoms with Gasteiger partial charge in [-0.25, -0.2) is 0 Å². The van der Waals surface area contributed by atoms with E-state index in [9.17, 15) is 0 Å². The largest absolute Gasteiger partial charge is 0.455 e. The second-order valence-electron chi connectivity index (χ2n) is 5.37. The van der Waals surface area contributed by atoms with Gasteiger partial charge in [-0.2, -0.15) is 0 Å². The number of para-hydroxylation sites is 3. The third-order valence-corrected chi connectivity index (χ3v) is 3.86. The molecular weight excluding hydrogens is 260 g/mol. The van der Waals surface area contributed by atoms with E-state index in [0.717, 1.165) is 31.1 Å². The number of nitrogens with zero attached hydrogens (tertiary/aromatic N) is 1. The first-order chi connectivity index (χ1) is 10.4. The molecule has 0 aromatic heterocycles. The molecule has 1 saturated heterocycles. The first kappa shape index (κ1) is 14.0. The van der Waals surface area contributed by atoms with E-state index in [1.165, 1.54) is 12.1 Å². The van der Waals surface area contributed by atoms with Crippen molar-refractivity contribution in [2.24, 2.45) is 0 Å². The molecule has 110 valence electrons. The van der Waals surface area contributed by atoms with Crippen LogP contribution in [0.2, 0.25) is 0 Å². The summed E-state index contributed by atoms with van der Waals surface area (Å²) in [4.78, 5) is 2.41. The molecule has 2 aromatic rings. The second-order valence-corrected chi connectivity index (χ2v) is 5.37. The van der Waals surface area contributed by atoms with Gasteiger partial charge in [0.25, 0.3) is 0 Å². The van der Waals surface area contributed by atoms with E-state index in [-0.39, 0.29) is 0 Å². The Labute approximate surface area is 126 Å². The molecule has 0 radical (unpaired) electrons. The van der Waals surface area contributed by atoms with E-state index in [0.29, 0.717) is 6.04 Å². The van der Waals surface area contributed by atoms with Crippen molar-refractivity contribution in [2.45, 2.75) is 19.4 Å². The lowest BCUT2D eigenvalue weighted by atomic mass is 10.2. The lowest BCUT2D eigenvalue weighted by molar-refractivity contribution is 0.482. The molecule has 0 spiro atoms. The Balaban J connectivity index is 1.77.